The molecule has 0 aliphatic rings. The molecule has 0 saturated carbocycles. The molecule has 0 aliphatic carbocycles. The maximum Gasteiger partial charge on any atom is 0.231 e. The SMILES string of the molecule is N#Cc1ocnc1-c1ccccc1. The normalized spacial score (nSPS) is 9.46. The molecule has 0 spiro atoms. The lowest BCUT2D eigenvalue weighted by Crippen LogP contribution is -1.79. The highest BCUT2D eigenvalue weighted by Gasteiger charge is 2.08. The smallest absolute Gasteiger partial charge is 0.231 e. The van der Waals surface area contributed by atoms with Gasteiger partial charge in [-0.3, -0.25) is 0 Å². The number of hydrogen-bond acceptors (Lipinski definition) is 3. The number of nitriles is 1. The minimum atomic E-state index is 0.256. The summed E-state index contributed by atoms with van der Waals surface area (Å²) in [6.45, 7) is 0. The second kappa shape index (κ2) is 3.11. The van der Waals surface area contributed by atoms with Crippen molar-refractivity contribution in [2.45, 2.75) is 0 Å². The zero-order valence-corrected chi connectivity index (χ0v) is 6.77. The average molecular weight is 170 g/mol. The molecular formula is C10H6N2O. The van der Waals surface area contributed by atoms with Gasteiger partial charge in [-0.15, -0.1) is 0 Å². The molecule has 0 aliphatic heterocycles. The third-order valence-corrected chi connectivity index (χ3v) is 1.72. The minimum absolute atomic E-state index is 0.256. The maximum absolute atomic E-state index is 8.68. The molecule has 2 aromatic rings. The summed E-state index contributed by atoms with van der Waals surface area (Å²) >= 11 is 0. The van der Waals surface area contributed by atoms with Gasteiger partial charge in [-0.25, -0.2) is 4.98 Å². The largest absolute Gasteiger partial charge is 0.432 e. The summed E-state index contributed by atoms with van der Waals surface area (Å²) in [5.74, 6) is 0.256. The lowest BCUT2D eigenvalue weighted by atomic mass is 10.1. The van der Waals surface area contributed by atoms with Crippen molar-refractivity contribution < 1.29 is 4.42 Å². The van der Waals surface area contributed by atoms with Crippen LogP contribution in [0.5, 0.6) is 0 Å². The molecule has 0 unspecified atom stereocenters. The van der Waals surface area contributed by atoms with Crippen molar-refractivity contribution in [1.29, 1.82) is 5.26 Å². The topological polar surface area (TPSA) is 49.8 Å². The van der Waals surface area contributed by atoms with Gasteiger partial charge < -0.3 is 4.42 Å². The van der Waals surface area contributed by atoms with E-state index in [2.05, 4.69) is 4.98 Å². The van der Waals surface area contributed by atoms with Crippen LogP contribution in [0, 0.1) is 11.3 Å². The van der Waals surface area contributed by atoms with Gasteiger partial charge in [-0.2, -0.15) is 5.26 Å². The summed E-state index contributed by atoms with van der Waals surface area (Å²) in [6.07, 6.45) is 1.28. The van der Waals surface area contributed by atoms with Crippen molar-refractivity contribution in [3.63, 3.8) is 0 Å². The molecule has 13 heavy (non-hydrogen) atoms. The quantitative estimate of drug-likeness (QED) is 0.659. The number of oxazole rings is 1. The summed E-state index contributed by atoms with van der Waals surface area (Å²) in [5.41, 5.74) is 1.50. The molecule has 1 aromatic carbocycles. The van der Waals surface area contributed by atoms with Gasteiger partial charge in [0.05, 0.1) is 0 Å². The van der Waals surface area contributed by atoms with E-state index in [1.807, 2.05) is 36.4 Å². The Morgan fingerprint density at radius 1 is 1.23 bits per heavy atom. The zero-order chi connectivity index (χ0) is 9.10. The first kappa shape index (κ1) is 7.56. The van der Waals surface area contributed by atoms with E-state index in [4.69, 9.17) is 9.68 Å². The van der Waals surface area contributed by atoms with Crippen LogP contribution >= 0.6 is 0 Å². The van der Waals surface area contributed by atoms with Crippen molar-refractivity contribution in [3.8, 4) is 17.3 Å². The lowest BCUT2D eigenvalue weighted by Gasteiger charge is -1.93. The van der Waals surface area contributed by atoms with Crippen molar-refractivity contribution in [3.05, 3.63) is 42.5 Å². The van der Waals surface area contributed by atoms with Crippen LogP contribution in [0.15, 0.2) is 41.1 Å². The number of hydrogen-bond donors (Lipinski definition) is 0. The zero-order valence-electron chi connectivity index (χ0n) is 6.77. The van der Waals surface area contributed by atoms with Crippen LogP contribution in [0.25, 0.3) is 11.3 Å². The molecule has 1 heterocycles. The Morgan fingerprint density at radius 2 is 2.00 bits per heavy atom. The Bertz CT molecular complexity index is 439. The first-order chi connectivity index (χ1) is 6.42. The molecule has 0 radical (unpaired) electrons. The van der Waals surface area contributed by atoms with E-state index in [-0.39, 0.29) is 5.76 Å². The third-order valence-electron chi connectivity index (χ3n) is 1.72. The van der Waals surface area contributed by atoms with Crippen LogP contribution in [0.3, 0.4) is 0 Å². The van der Waals surface area contributed by atoms with E-state index in [1.54, 1.807) is 0 Å². The fourth-order valence-electron chi connectivity index (χ4n) is 1.13. The molecule has 3 heteroatoms. The summed E-state index contributed by atoms with van der Waals surface area (Å²) < 4.78 is 4.90. The Labute approximate surface area is 75.3 Å². The van der Waals surface area contributed by atoms with Crippen LogP contribution in [0.1, 0.15) is 5.76 Å². The lowest BCUT2D eigenvalue weighted by molar-refractivity contribution is 0.545. The molecule has 0 fully saturated rings. The molecule has 3 nitrogen and oxygen atoms in total. The number of nitrogens with zero attached hydrogens (tertiary/aromatic N) is 2. The van der Waals surface area contributed by atoms with Gasteiger partial charge in [0.2, 0.25) is 5.76 Å². The second-order valence-corrected chi connectivity index (χ2v) is 2.51. The van der Waals surface area contributed by atoms with Gasteiger partial charge in [0, 0.05) is 5.56 Å². The highest BCUT2D eigenvalue weighted by atomic mass is 16.3. The van der Waals surface area contributed by atoms with Crippen LogP contribution in [-0.2, 0) is 0 Å². The van der Waals surface area contributed by atoms with E-state index in [1.165, 1.54) is 6.39 Å². The molecule has 1 aromatic heterocycles. The predicted molar refractivity (Wildman–Crippen MR) is 46.7 cm³/mol. The van der Waals surface area contributed by atoms with Crippen molar-refractivity contribution in [2.75, 3.05) is 0 Å². The van der Waals surface area contributed by atoms with Gasteiger partial charge in [-0.1, -0.05) is 30.3 Å². The van der Waals surface area contributed by atoms with Gasteiger partial charge >= 0.3 is 0 Å². The standard InChI is InChI=1S/C10H6N2O/c11-6-9-10(12-7-13-9)8-4-2-1-3-5-8/h1-5,7H. The molecule has 0 atom stereocenters. The van der Waals surface area contributed by atoms with Crippen LogP contribution in [-0.4, -0.2) is 4.98 Å². The number of aromatic nitrogens is 1. The minimum Gasteiger partial charge on any atom is -0.432 e. The first-order valence-corrected chi connectivity index (χ1v) is 3.81. The summed E-state index contributed by atoms with van der Waals surface area (Å²) in [4.78, 5) is 3.97. The van der Waals surface area contributed by atoms with Crippen LogP contribution in [0.2, 0.25) is 0 Å². The van der Waals surface area contributed by atoms with Gasteiger partial charge in [0.1, 0.15) is 11.8 Å². The Kier molecular flexibility index (Phi) is 1.81. The average Bonchev–Trinajstić information content (AvgIpc) is 2.67. The maximum atomic E-state index is 8.68. The van der Waals surface area contributed by atoms with Gasteiger partial charge in [0.25, 0.3) is 0 Å². The van der Waals surface area contributed by atoms with E-state index in [0.29, 0.717) is 5.69 Å². The molecule has 0 bridgehead atoms. The van der Waals surface area contributed by atoms with E-state index in [9.17, 15) is 0 Å². The van der Waals surface area contributed by atoms with Crippen molar-refractivity contribution in [2.24, 2.45) is 0 Å². The summed E-state index contributed by atoms with van der Waals surface area (Å²) in [7, 11) is 0. The first-order valence-electron chi connectivity index (χ1n) is 3.81. The van der Waals surface area contributed by atoms with Gasteiger partial charge in [0.15, 0.2) is 6.39 Å². The Balaban J connectivity index is 2.54. The monoisotopic (exact) mass is 170 g/mol. The third kappa shape index (κ3) is 1.30. The highest BCUT2D eigenvalue weighted by Crippen LogP contribution is 2.20. The van der Waals surface area contributed by atoms with E-state index < -0.39 is 0 Å². The van der Waals surface area contributed by atoms with Crippen molar-refractivity contribution in [1.82, 2.24) is 4.98 Å². The fourth-order valence-corrected chi connectivity index (χ4v) is 1.13. The number of benzene rings is 1. The predicted octanol–water partition coefficient (Wildman–Crippen LogP) is 2.21. The second-order valence-electron chi connectivity index (χ2n) is 2.51. The van der Waals surface area contributed by atoms with Crippen LogP contribution in [0.4, 0.5) is 0 Å². The van der Waals surface area contributed by atoms with E-state index >= 15 is 0 Å². The van der Waals surface area contributed by atoms with Crippen molar-refractivity contribution >= 4 is 0 Å². The van der Waals surface area contributed by atoms with E-state index in [0.717, 1.165) is 5.56 Å². The Hall–Kier alpha value is -2.08. The van der Waals surface area contributed by atoms with Crippen LogP contribution < -0.4 is 0 Å². The van der Waals surface area contributed by atoms with Gasteiger partial charge in [-0.05, 0) is 0 Å². The number of rotatable bonds is 1. The summed E-state index contributed by atoms with van der Waals surface area (Å²) in [6, 6.07) is 11.4. The molecule has 2 rings (SSSR count). The molecule has 0 N–H and O–H groups in total. The molecule has 62 valence electrons. The molecular weight excluding hydrogens is 164 g/mol. The molecule has 0 amide bonds. The molecule has 0 saturated heterocycles. The fraction of sp³-hybridized carbons (Fsp3) is 0. The summed E-state index contributed by atoms with van der Waals surface area (Å²) in [5, 5.41) is 8.68. The Morgan fingerprint density at radius 3 is 2.69 bits per heavy atom. The highest BCUT2D eigenvalue weighted by molar-refractivity contribution is 5.63.